The average Bonchev–Trinajstić information content (AvgIpc) is 3.36. The number of alkyl carbamates (subject to hydrolysis) is 2. The highest BCUT2D eigenvalue weighted by molar-refractivity contribution is 6.05. The van der Waals surface area contributed by atoms with Gasteiger partial charge in [0.15, 0.2) is 0 Å². The zero-order valence-electron chi connectivity index (χ0n) is 28.4. The van der Waals surface area contributed by atoms with Gasteiger partial charge in [-0.05, 0) is 90.1 Å². The number of rotatable bonds is 10. The highest BCUT2D eigenvalue weighted by Crippen LogP contribution is 2.17. The number of halogens is 3. The summed E-state index contributed by atoms with van der Waals surface area (Å²) >= 11 is 0. The zero-order valence-corrected chi connectivity index (χ0v) is 28.4. The first kappa shape index (κ1) is 38.8. The topological polar surface area (TPSA) is 182 Å². The molecule has 2 aromatic carbocycles. The molecule has 1 heterocycles. The SMILES string of the molecule is CC(C)(C)OC(=O)NC(=N)c1ccc(OCCn2ccn(CCOc3ccc(C(=N)NC(=O)OC(C)(C)C)cc3)c2=NC(=O)C(F)(F)F)cc1. The second kappa shape index (κ2) is 16.2. The van der Waals surface area contributed by atoms with Crippen molar-refractivity contribution in [3.05, 3.63) is 77.7 Å². The van der Waals surface area contributed by atoms with Crippen molar-refractivity contribution in [2.45, 2.75) is 72.0 Å². The molecule has 17 heteroatoms. The van der Waals surface area contributed by atoms with Crippen molar-refractivity contribution in [1.29, 1.82) is 10.8 Å². The van der Waals surface area contributed by atoms with Crippen LogP contribution < -0.4 is 25.7 Å². The second-order valence-electron chi connectivity index (χ2n) is 12.6. The number of alkyl halides is 3. The molecule has 0 aliphatic heterocycles. The molecule has 3 amide bonds. The van der Waals surface area contributed by atoms with E-state index in [4.69, 9.17) is 29.8 Å². The van der Waals surface area contributed by atoms with Crippen molar-refractivity contribution >= 4 is 29.8 Å². The van der Waals surface area contributed by atoms with E-state index in [2.05, 4.69) is 15.6 Å². The van der Waals surface area contributed by atoms with Crippen molar-refractivity contribution in [3.8, 4) is 11.5 Å². The highest BCUT2D eigenvalue weighted by Gasteiger charge is 2.38. The fourth-order valence-corrected chi connectivity index (χ4v) is 4.01. The molecule has 270 valence electrons. The Morgan fingerprint density at radius 1 is 0.680 bits per heavy atom. The average molecular weight is 704 g/mol. The van der Waals surface area contributed by atoms with Gasteiger partial charge in [-0.25, -0.2) is 9.59 Å². The fourth-order valence-electron chi connectivity index (χ4n) is 4.01. The van der Waals surface area contributed by atoms with Crippen LogP contribution in [-0.2, 0) is 27.4 Å². The first-order valence-corrected chi connectivity index (χ1v) is 15.3. The Morgan fingerprint density at radius 2 is 1.04 bits per heavy atom. The highest BCUT2D eigenvalue weighted by atomic mass is 19.4. The first-order chi connectivity index (χ1) is 23.2. The van der Waals surface area contributed by atoms with E-state index in [0.29, 0.717) is 22.6 Å². The third-order valence-corrected chi connectivity index (χ3v) is 6.12. The zero-order chi connectivity index (χ0) is 37.3. The van der Waals surface area contributed by atoms with Crippen molar-refractivity contribution in [1.82, 2.24) is 19.8 Å². The number of carbonyl (C=O) groups excluding carboxylic acids is 3. The van der Waals surface area contributed by atoms with Gasteiger partial charge in [0.25, 0.3) is 0 Å². The molecule has 4 N–H and O–H groups in total. The smallest absolute Gasteiger partial charge is 0.473 e. The lowest BCUT2D eigenvalue weighted by Gasteiger charge is -2.19. The molecule has 0 fully saturated rings. The lowest BCUT2D eigenvalue weighted by Crippen LogP contribution is -2.36. The Kier molecular flexibility index (Phi) is 12.6. The van der Waals surface area contributed by atoms with Gasteiger partial charge in [0.2, 0.25) is 5.62 Å². The van der Waals surface area contributed by atoms with Gasteiger partial charge in [-0.1, -0.05) is 0 Å². The molecule has 1 aromatic heterocycles. The maximum atomic E-state index is 13.1. The number of ether oxygens (including phenoxy) is 4. The summed E-state index contributed by atoms with van der Waals surface area (Å²) in [6, 6.07) is 12.4. The number of amides is 3. The molecule has 3 rings (SSSR count). The molecule has 0 aliphatic carbocycles. The Morgan fingerprint density at radius 3 is 1.36 bits per heavy atom. The van der Waals surface area contributed by atoms with E-state index in [0.717, 1.165) is 0 Å². The van der Waals surface area contributed by atoms with Gasteiger partial charge in [-0.3, -0.25) is 26.2 Å². The molecular formula is C33H40F3N7O7. The minimum atomic E-state index is -5.18. The quantitative estimate of drug-likeness (QED) is 0.167. The number of carbonyl (C=O) groups is 3. The van der Waals surface area contributed by atoms with Gasteiger partial charge in [-0.15, -0.1) is 0 Å². The fraction of sp³-hybridized carbons (Fsp3) is 0.394. The third-order valence-electron chi connectivity index (χ3n) is 6.12. The van der Waals surface area contributed by atoms with Gasteiger partial charge in [0, 0.05) is 23.5 Å². The van der Waals surface area contributed by atoms with Crippen LogP contribution in [0.3, 0.4) is 0 Å². The van der Waals surface area contributed by atoms with Crippen LogP contribution in [0.4, 0.5) is 22.8 Å². The summed E-state index contributed by atoms with van der Waals surface area (Å²) in [7, 11) is 0. The predicted octanol–water partition coefficient (Wildman–Crippen LogP) is 5.14. The van der Waals surface area contributed by atoms with Crippen LogP contribution in [0.2, 0.25) is 0 Å². The summed E-state index contributed by atoms with van der Waals surface area (Å²) in [5.41, 5.74) is -0.959. The molecule has 0 unspecified atom stereocenters. The van der Waals surface area contributed by atoms with Crippen LogP contribution >= 0.6 is 0 Å². The monoisotopic (exact) mass is 703 g/mol. The van der Waals surface area contributed by atoms with Crippen LogP contribution in [0.25, 0.3) is 0 Å². The molecular weight excluding hydrogens is 663 g/mol. The number of hydrogen-bond acceptors (Lipinski definition) is 9. The van der Waals surface area contributed by atoms with Gasteiger partial charge in [0.1, 0.15) is 47.6 Å². The Balaban J connectivity index is 1.61. The Labute approximate surface area is 286 Å². The molecule has 0 aliphatic rings. The predicted molar refractivity (Wildman–Crippen MR) is 175 cm³/mol. The van der Waals surface area contributed by atoms with Crippen LogP contribution in [0.1, 0.15) is 52.7 Å². The summed E-state index contributed by atoms with van der Waals surface area (Å²) in [5.74, 6) is -1.86. The number of nitrogens with zero attached hydrogens (tertiary/aromatic N) is 3. The van der Waals surface area contributed by atoms with Crippen LogP contribution in [0.5, 0.6) is 11.5 Å². The van der Waals surface area contributed by atoms with Crippen LogP contribution in [0, 0.1) is 10.8 Å². The van der Waals surface area contributed by atoms with Crippen LogP contribution in [-0.4, -0.2) is 69.5 Å². The lowest BCUT2D eigenvalue weighted by molar-refractivity contribution is -0.169. The number of amidine groups is 2. The maximum absolute atomic E-state index is 13.1. The van der Waals surface area contributed by atoms with Crippen molar-refractivity contribution in [3.63, 3.8) is 0 Å². The third kappa shape index (κ3) is 12.8. The Bertz CT molecular complexity index is 1640. The maximum Gasteiger partial charge on any atom is 0.473 e. The number of imidazole rings is 1. The molecule has 3 aromatic rings. The molecule has 0 bridgehead atoms. The number of nitrogens with one attached hydrogen (secondary N) is 4. The molecule has 0 saturated heterocycles. The van der Waals surface area contributed by atoms with Crippen molar-refractivity contribution < 1.29 is 46.5 Å². The van der Waals surface area contributed by atoms with E-state index >= 15 is 0 Å². The lowest BCUT2D eigenvalue weighted by atomic mass is 10.2. The van der Waals surface area contributed by atoms with Crippen molar-refractivity contribution in [2.24, 2.45) is 4.99 Å². The van der Waals surface area contributed by atoms with Gasteiger partial charge < -0.3 is 28.1 Å². The minimum Gasteiger partial charge on any atom is -0.492 e. The van der Waals surface area contributed by atoms with Crippen LogP contribution in [0.15, 0.2) is 65.9 Å². The summed E-state index contributed by atoms with van der Waals surface area (Å²) in [4.78, 5) is 38.9. The molecule has 0 saturated carbocycles. The molecule has 0 radical (unpaired) electrons. The Hall–Kier alpha value is -5.61. The summed E-state index contributed by atoms with van der Waals surface area (Å²) in [5, 5.41) is 20.8. The standard InChI is InChI=1S/C33H40F3N7O7/c1-31(2,3)49-29(45)39-25(37)21-7-11-23(12-8-21)47-19-17-42-15-16-43(28(42)41-27(44)33(34,35)36)18-20-48-24-13-9-22(10-14-24)26(38)40-30(46)50-32(4,5)6/h7-16H,17-20H2,1-6H3,(H2,37,39,45)(H2,38,40,46). The van der Waals surface area contributed by atoms with E-state index in [1.54, 1.807) is 90.1 Å². The number of benzene rings is 2. The van der Waals surface area contributed by atoms with Gasteiger partial charge in [0.05, 0.1) is 13.1 Å². The molecule has 0 atom stereocenters. The van der Waals surface area contributed by atoms with E-state index < -0.39 is 35.5 Å². The molecule has 0 spiro atoms. The largest absolute Gasteiger partial charge is 0.492 e. The van der Waals surface area contributed by atoms with E-state index in [1.165, 1.54) is 21.5 Å². The summed E-state index contributed by atoms with van der Waals surface area (Å²) < 4.78 is 63.7. The van der Waals surface area contributed by atoms with E-state index in [1.807, 2.05) is 0 Å². The summed E-state index contributed by atoms with van der Waals surface area (Å²) in [6.07, 6.45) is -3.81. The first-order valence-electron chi connectivity index (χ1n) is 15.3. The normalized spacial score (nSPS) is 11.6. The van der Waals surface area contributed by atoms with Gasteiger partial charge >= 0.3 is 24.3 Å². The summed E-state index contributed by atoms with van der Waals surface area (Å²) in [6.45, 7) is 10.2. The number of hydrogen-bond donors (Lipinski definition) is 4. The second-order valence-corrected chi connectivity index (χ2v) is 12.6. The molecule has 50 heavy (non-hydrogen) atoms. The molecule has 14 nitrogen and oxygen atoms in total. The minimum absolute atomic E-state index is 0.00893. The van der Waals surface area contributed by atoms with E-state index in [9.17, 15) is 27.6 Å². The van der Waals surface area contributed by atoms with E-state index in [-0.39, 0.29) is 43.6 Å². The van der Waals surface area contributed by atoms with Gasteiger partial charge in [-0.2, -0.15) is 18.2 Å². The van der Waals surface area contributed by atoms with Crippen molar-refractivity contribution in [2.75, 3.05) is 13.2 Å². The number of aromatic nitrogens is 2.